The van der Waals surface area contributed by atoms with Crippen molar-refractivity contribution in [1.82, 2.24) is 4.98 Å². The number of nitrogens with two attached hydrogens (primary N) is 2. The highest BCUT2D eigenvalue weighted by Gasteiger charge is 2.11. The summed E-state index contributed by atoms with van der Waals surface area (Å²) in [5.41, 5.74) is 11.3. The van der Waals surface area contributed by atoms with Crippen molar-refractivity contribution < 1.29 is 14.3 Å². The van der Waals surface area contributed by atoms with Crippen molar-refractivity contribution in [3.63, 3.8) is 0 Å². The number of nitrogens with zero attached hydrogens (tertiary/aromatic N) is 1. The summed E-state index contributed by atoms with van der Waals surface area (Å²) in [7, 11) is 0. The first-order chi connectivity index (χ1) is 10.1. The fraction of sp³-hybridized carbons (Fsp3) is 0.154. The molecule has 0 aliphatic carbocycles. The fourth-order valence-corrected chi connectivity index (χ4v) is 2.18. The molecule has 1 aromatic carbocycles. The number of thiazole rings is 1. The lowest BCUT2D eigenvalue weighted by atomic mass is 10.3. The molecule has 21 heavy (non-hydrogen) atoms. The van der Waals surface area contributed by atoms with Gasteiger partial charge in [-0.2, -0.15) is 0 Å². The van der Waals surface area contributed by atoms with Crippen LogP contribution >= 0.6 is 11.3 Å². The molecular formula is C13H14N4O3S. The molecule has 0 fully saturated rings. The number of primary amides is 1. The number of hydrogen-bond donors (Lipinski definition) is 3. The van der Waals surface area contributed by atoms with Gasteiger partial charge < -0.3 is 21.5 Å². The number of anilines is 1. The summed E-state index contributed by atoms with van der Waals surface area (Å²) in [6, 6.07) is 6.65. The Labute approximate surface area is 124 Å². The van der Waals surface area contributed by atoms with Crippen molar-refractivity contribution in [2.75, 3.05) is 11.9 Å². The maximum atomic E-state index is 12.0. The number of carbonyl (C=O) groups is 2. The summed E-state index contributed by atoms with van der Waals surface area (Å²) in [5.74, 6) is -0.466. The Morgan fingerprint density at radius 1 is 1.38 bits per heavy atom. The van der Waals surface area contributed by atoms with Crippen LogP contribution in [0.1, 0.15) is 15.5 Å². The second-order valence-electron chi connectivity index (χ2n) is 4.07. The summed E-state index contributed by atoms with van der Waals surface area (Å²) in [5, 5.41) is 5.03. The molecule has 0 spiro atoms. The van der Waals surface area contributed by atoms with Gasteiger partial charge in [-0.15, -0.1) is 11.3 Å². The summed E-state index contributed by atoms with van der Waals surface area (Å²) in [6.07, 6.45) is 0. The Morgan fingerprint density at radius 3 is 2.86 bits per heavy atom. The first-order valence-electron chi connectivity index (χ1n) is 6.05. The normalized spacial score (nSPS) is 10.1. The van der Waals surface area contributed by atoms with Gasteiger partial charge in [0.1, 0.15) is 16.5 Å². The van der Waals surface area contributed by atoms with Crippen LogP contribution in [0.5, 0.6) is 5.75 Å². The number of rotatable bonds is 6. The number of benzene rings is 1. The highest BCUT2D eigenvalue weighted by atomic mass is 32.1. The molecule has 1 heterocycles. The largest absolute Gasteiger partial charge is 0.484 e. The van der Waals surface area contributed by atoms with E-state index in [-0.39, 0.29) is 12.5 Å². The second kappa shape index (κ2) is 6.82. The van der Waals surface area contributed by atoms with E-state index in [0.29, 0.717) is 28.7 Å². The first kappa shape index (κ1) is 14.9. The minimum Gasteiger partial charge on any atom is -0.484 e. The molecule has 0 unspecified atom stereocenters. The summed E-state index contributed by atoms with van der Waals surface area (Å²) >= 11 is 1.33. The minimum absolute atomic E-state index is 0.219. The lowest BCUT2D eigenvalue weighted by molar-refractivity contribution is -0.119. The molecule has 8 heteroatoms. The fourth-order valence-electron chi connectivity index (χ4n) is 1.52. The molecule has 5 N–H and O–H groups in total. The molecule has 0 atom stereocenters. The smallest absolute Gasteiger partial charge is 0.275 e. The van der Waals surface area contributed by atoms with E-state index in [4.69, 9.17) is 16.2 Å². The van der Waals surface area contributed by atoms with Crippen molar-refractivity contribution in [1.29, 1.82) is 0 Å². The molecule has 0 aliphatic rings. The van der Waals surface area contributed by atoms with Gasteiger partial charge in [0.2, 0.25) is 0 Å². The molecule has 2 rings (SSSR count). The van der Waals surface area contributed by atoms with Crippen molar-refractivity contribution in [2.24, 2.45) is 11.5 Å². The van der Waals surface area contributed by atoms with E-state index in [1.54, 1.807) is 29.6 Å². The molecular weight excluding hydrogens is 292 g/mol. The third-order valence-corrected chi connectivity index (χ3v) is 3.30. The van der Waals surface area contributed by atoms with E-state index in [2.05, 4.69) is 10.3 Å². The number of ether oxygens (including phenoxy) is 1. The van der Waals surface area contributed by atoms with Crippen LogP contribution in [0.25, 0.3) is 0 Å². The molecule has 2 amide bonds. The lowest BCUT2D eigenvalue weighted by Gasteiger charge is -2.07. The van der Waals surface area contributed by atoms with Crippen LogP contribution in [0.15, 0.2) is 29.6 Å². The first-order valence-corrected chi connectivity index (χ1v) is 6.93. The van der Waals surface area contributed by atoms with E-state index < -0.39 is 5.91 Å². The number of hydrogen-bond acceptors (Lipinski definition) is 6. The summed E-state index contributed by atoms with van der Waals surface area (Å²) in [4.78, 5) is 26.8. The zero-order valence-corrected chi connectivity index (χ0v) is 11.9. The average molecular weight is 306 g/mol. The van der Waals surface area contributed by atoms with E-state index in [9.17, 15) is 9.59 Å². The molecule has 0 bridgehead atoms. The molecule has 110 valence electrons. The van der Waals surface area contributed by atoms with Crippen LogP contribution in [-0.2, 0) is 11.3 Å². The Kier molecular flexibility index (Phi) is 4.85. The van der Waals surface area contributed by atoms with Gasteiger partial charge >= 0.3 is 0 Å². The molecule has 0 saturated carbocycles. The van der Waals surface area contributed by atoms with Crippen molar-refractivity contribution in [3.05, 3.63) is 40.3 Å². The number of nitrogens with one attached hydrogen (secondary N) is 1. The summed E-state index contributed by atoms with van der Waals surface area (Å²) in [6.45, 7) is 0.0811. The van der Waals surface area contributed by atoms with Crippen LogP contribution in [-0.4, -0.2) is 23.4 Å². The number of carbonyl (C=O) groups excluding carboxylic acids is 2. The van der Waals surface area contributed by atoms with Crippen LogP contribution in [0.3, 0.4) is 0 Å². The van der Waals surface area contributed by atoms with Crippen LogP contribution in [0.4, 0.5) is 5.69 Å². The number of amides is 2. The predicted molar refractivity (Wildman–Crippen MR) is 79.1 cm³/mol. The molecule has 7 nitrogen and oxygen atoms in total. The molecule has 0 aliphatic heterocycles. The van der Waals surface area contributed by atoms with Gasteiger partial charge in [0.05, 0.1) is 0 Å². The quantitative estimate of drug-likeness (QED) is 0.726. The van der Waals surface area contributed by atoms with Gasteiger partial charge in [-0.25, -0.2) is 4.98 Å². The average Bonchev–Trinajstić information content (AvgIpc) is 2.94. The van der Waals surface area contributed by atoms with E-state index in [1.165, 1.54) is 11.3 Å². The third-order valence-electron chi connectivity index (χ3n) is 2.43. The van der Waals surface area contributed by atoms with E-state index >= 15 is 0 Å². The monoisotopic (exact) mass is 306 g/mol. The summed E-state index contributed by atoms with van der Waals surface area (Å²) < 4.78 is 5.16. The Bertz CT molecular complexity index is 656. The zero-order chi connectivity index (χ0) is 15.2. The van der Waals surface area contributed by atoms with Crippen LogP contribution in [0.2, 0.25) is 0 Å². The van der Waals surface area contributed by atoms with Gasteiger partial charge in [0.25, 0.3) is 11.8 Å². The SMILES string of the molecule is NCc1nc(C(=O)Nc2cccc(OCC(N)=O)c2)cs1. The maximum absolute atomic E-state index is 12.0. The zero-order valence-electron chi connectivity index (χ0n) is 11.0. The van der Waals surface area contributed by atoms with Crippen LogP contribution in [0, 0.1) is 0 Å². The molecule has 0 saturated heterocycles. The highest BCUT2D eigenvalue weighted by Crippen LogP contribution is 2.18. The Morgan fingerprint density at radius 2 is 2.19 bits per heavy atom. The van der Waals surface area contributed by atoms with Crippen LogP contribution < -0.4 is 21.5 Å². The predicted octanol–water partition coefficient (Wildman–Crippen LogP) is 0.718. The van der Waals surface area contributed by atoms with Crippen molar-refractivity contribution in [2.45, 2.75) is 6.54 Å². The van der Waals surface area contributed by atoms with Gasteiger partial charge in [-0.3, -0.25) is 9.59 Å². The maximum Gasteiger partial charge on any atom is 0.275 e. The van der Waals surface area contributed by atoms with E-state index in [1.807, 2.05) is 0 Å². The lowest BCUT2D eigenvalue weighted by Crippen LogP contribution is -2.20. The van der Waals surface area contributed by atoms with Crippen molar-refractivity contribution >= 4 is 28.8 Å². The molecule has 0 radical (unpaired) electrons. The topological polar surface area (TPSA) is 120 Å². The van der Waals surface area contributed by atoms with Gasteiger partial charge in [0, 0.05) is 23.7 Å². The van der Waals surface area contributed by atoms with E-state index in [0.717, 1.165) is 0 Å². The second-order valence-corrected chi connectivity index (χ2v) is 5.01. The minimum atomic E-state index is -0.568. The number of aromatic nitrogens is 1. The Hall–Kier alpha value is -2.45. The standard InChI is InChI=1S/C13H14N4O3S/c14-5-12-17-10(7-21-12)13(19)16-8-2-1-3-9(4-8)20-6-11(15)18/h1-4,7H,5-6,14H2,(H2,15,18)(H,16,19). The highest BCUT2D eigenvalue weighted by molar-refractivity contribution is 7.09. The van der Waals surface area contributed by atoms with Gasteiger partial charge in [-0.1, -0.05) is 6.07 Å². The van der Waals surface area contributed by atoms with Crippen molar-refractivity contribution in [3.8, 4) is 5.75 Å². The molecule has 1 aromatic heterocycles. The Balaban J connectivity index is 2.03. The van der Waals surface area contributed by atoms with Gasteiger partial charge in [-0.05, 0) is 12.1 Å². The molecule has 2 aromatic rings. The van der Waals surface area contributed by atoms with Gasteiger partial charge in [0.15, 0.2) is 6.61 Å². The third kappa shape index (κ3) is 4.26.